The molecule has 1 aliphatic rings. The minimum absolute atomic E-state index is 0.399. The van der Waals surface area contributed by atoms with Gasteiger partial charge in [-0.25, -0.2) is 0 Å². The Morgan fingerprint density at radius 3 is 2.45 bits per heavy atom. The Kier molecular flexibility index (Phi) is 4.80. The Balaban J connectivity index is 1.80. The van der Waals surface area contributed by atoms with Crippen molar-refractivity contribution >= 4 is 5.82 Å². The number of nitrogens with one attached hydrogen (secondary N) is 1. The van der Waals surface area contributed by atoms with Crippen molar-refractivity contribution in [2.24, 2.45) is 5.92 Å². The second-order valence-electron chi connectivity index (χ2n) is 5.06. The zero-order valence-corrected chi connectivity index (χ0v) is 11.5. The van der Waals surface area contributed by atoms with Crippen molar-refractivity contribution < 1.29 is 13.2 Å². The smallest absolute Gasteiger partial charge is 0.368 e. The van der Waals surface area contributed by atoms with E-state index in [-0.39, 0.29) is 0 Å². The lowest BCUT2D eigenvalue weighted by Crippen LogP contribution is -2.35. The number of nitrogens with zero attached hydrogens (tertiary/aromatic N) is 3. The highest BCUT2D eigenvalue weighted by Crippen LogP contribution is 2.27. The van der Waals surface area contributed by atoms with Gasteiger partial charge in [-0.3, -0.25) is 0 Å². The van der Waals surface area contributed by atoms with Gasteiger partial charge in [0.2, 0.25) is 0 Å². The van der Waals surface area contributed by atoms with E-state index in [9.17, 15) is 13.2 Å². The summed E-state index contributed by atoms with van der Waals surface area (Å²) in [4.78, 5) is 2.40. The van der Waals surface area contributed by atoms with Crippen LogP contribution in [0.5, 0.6) is 0 Å². The molecule has 2 rings (SSSR count). The van der Waals surface area contributed by atoms with Crippen LogP contribution in [-0.4, -0.2) is 41.3 Å². The molecule has 0 unspecified atom stereocenters. The zero-order valence-electron chi connectivity index (χ0n) is 11.5. The summed E-state index contributed by atoms with van der Waals surface area (Å²) in [7, 11) is 0. The van der Waals surface area contributed by atoms with Gasteiger partial charge in [-0.05, 0) is 50.5 Å². The maximum Gasteiger partial charge on any atom is 0.435 e. The number of piperidine rings is 1. The predicted molar refractivity (Wildman–Crippen MR) is 70.4 cm³/mol. The molecule has 1 aliphatic heterocycles. The molecule has 0 atom stereocenters. The van der Waals surface area contributed by atoms with Gasteiger partial charge < -0.3 is 10.2 Å². The van der Waals surface area contributed by atoms with E-state index in [1.54, 1.807) is 0 Å². The Morgan fingerprint density at radius 1 is 1.25 bits per heavy atom. The van der Waals surface area contributed by atoms with Gasteiger partial charge in [0, 0.05) is 6.54 Å². The SMILES string of the molecule is CCN1CCC(CNc2ccc(C(F)(F)F)nn2)CC1. The van der Waals surface area contributed by atoms with Crippen molar-refractivity contribution in [3.05, 3.63) is 17.8 Å². The van der Waals surface area contributed by atoms with Crippen LogP contribution in [0.15, 0.2) is 12.1 Å². The van der Waals surface area contributed by atoms with Crippen LogP contribution < -0.4 is 5.32 Å². The monoisotopic (exact) mass is 288 g/mol. The number of alkyl halides is 3. The fourth-order valence-electron chi connectivity index (χ4n) is 2.33. The molecule has 0 aromatic carbocycles. The molecule has 112 valence electrons. The number of aromatic nitrogens is 2. The average molecular weight is 288 g/mol. The first kappa shape index (κ1) is 15.0. The number of hydrogen-bond donors (Lipinski definition) is 1. The summed E-state index contributed by atoms with van der Waals surface area (Å²) in [6.07, 6.45) is -2.22. The number of halogens is 3. The summed E-state index contributed by atoms with van der Waals surface area (Å²) >= 11 is 0. The average Bonchev–Trinajstić information content (AvgIpc) is 2.45. The molecule has 0 bridgehead atoms. The molecule has 1 N–H and O–H groups in total. The van der Waals surface area contributed by atoms with Crippen LogP contribution in [0.4, 0.5) is 19.0 Å². The fourth-order valence-corrected chi connectivity index (χ4v) is 2.33. The largest absolute Gasteiger partial charge is 0.435 e. The van der Waals surface area contributed by atoms with Gasteiger partial charge in [-0.15, -0.1) is 10.2 Å². The Labute approximate surface area is 116 Å². The number of likely N-dealkylation sites (tertiary alicyclic amines) is 1. The molecule has 1 saturated heterocycles. The van der Waals surface area contributed by atoms with E-state index in [0.29, 0.717) is 11.7 Å². The summed E-state index contributed by atoms with van der Waals surface area (Å²) in [6.45, 7) is 6.13. The zero-order chi connectivity index (χ0) is 14.6. The van der Waals surface area contributed by atoms with Gasteiger partial charge in [0.05, 0.1) is 0 Å². The van der Waals surface area contributed by atoms with Crippen LogP contribution in [0.1, 0.15) is 25.5 Å². The third-order valence-electron chi connectivity index (χ3n) is 3.68. The van der Waals surface area contributed by atoms with E-state index < -0.39 is 11.9 Å². The van der Waals surface area contributed by atoms with Gasteiger partial charge in [-0.1, -0.05) is 6.92 Å². The van der Waals surface area contributed by atoms with Crippen LogP contribution >= 0.6 is 0 Å². The summed E-state index contributed by atoms with van der Waals surface area (Å²) in [6, 6.07) is 2.28. The van der Waals surface area contributed by atoms with Crippen LogP contribution in [0.2, 0.25) is 0 Å². The molecule has 1 aromatic heterocycles. The molecular weight excluding hydrogens is 269 g/mol. The first-order valence-corrected chi connectivity index (χ1v) is 6.86. The standard InChI is InChI=1S/C13H19F3N4/c1-2-20-7-5-10(6-8-20)9-17-12-4-3-11(18-19-12)13(14,15)16/h3-4,10H,2,5-9H2,1H3,(H,17,19). The van der Waals surface area contributed by atoms with Gasteiger partial charge in [0.25, 0.3) is 0 Å². The molecule has 0 saturated carbocycles. The third-order valence-corrected chi connectivity index (χ3v) is 3.68. The Hall–Kier alpha value is -1.37. The van der Waals surface area contributed by atoms with Crippen molar-refractivity contribution in [2.45, 2.75) is 25.9 Å². The lowest BCUT2D eigenvalue weighted by atomic mass is 9.97. The molecule has 2 heterocycles. The van der Waals surface area contributed by atoms with Crippen molar-refractivity contribution in [1.29, 1.82) is 0 Å². The lowest BCUT2D eigenvalue weighted by Gasteiger charge is -2.31. The minimum atomic E-state index is -4.43. The summed E-state index contributed by atoms with van der Waals surface area (Å²) in [5.74, 6) is 0.942. The highest BCUT2D eigenvalue weighted by atomic mass is 19.4. The van der Waals surface area contributed by atoms with E-state index >= 15 is 0 Å². The first-order valence-electron chi connectivity index (χ1n) is 6.86. The predicted octanol–water partition coefficient (Wildman–Crippen LogP) is 2.64. The third kappa shape index (κ3) is 4.06. The highest BCUT2D eigenvalue weighted by Gasteiger charge is 2.32. The molecule has 7 heteroatoms. The van der Waals surface area contributed by atoms with Gasteiger partial charge >= 0.3 is 6.18 Å². The van der Waals surface area contributed by atoms with E-state index in [4.69, 9.17) is 0 Å². The van der Waals surface area contributed by atoms with E-state index in [0.717, 1.165) is 45.1 Å². The topological polar surface area (TPSA) is 41.0 Å². The van der Waals surface area contributed by atoms with Crippen LogP contribution in [0, 0.1) is 5.92 Å². The van der Waals surface area contributed by atoms with E-state index in [2.05, 4.69) is 27.3 Å². The molecule has 1 fully saturated rings. The lowest BCUT2D eigenvalue weighted by molar-refractivity contribution is -0.141. The molecular formula is C13H19F3N4. The van der Waals surface area contributed by atoms with Crippen molar-refractivity contribution in [3.8, 4) is 0 Å². The summed E-state index contributed by atoms with van der Waals surface area (Å²) in [5.41, 5.74) is -0.959. The molecule has 4 nitrogen and oxygen atoms in total. The molecule has 0 amide bonds. The van der Waals surface area contributed by atoms with Crippen molar-refractivity contribution in [1.82, 2.24) is 15.1 Å². The first-order chi connectivity index (χ1) is 9.49. The highest BCUT2D eigenvalue weighted by molar-refractivity contribution is 5.33. The van der Waals surface area contributed by atoms with Gasteiger partial charge in [0.1, 0.15) is 5.82 Å². The van der Waals surface area contributed by atoms with E-state index in [1.807, 2.05) is 0 Å². The normalized spacial score (nSPS) is 18.2. The molecule has 0 radical (unpaired) electrons. The molecule has 0 aliphatic carbocycles. The molecule has 20 heavy (non-hydrogen) atoms. The Morgan fingerprint density at radius 2 is 1.95 bits per heavy atom. The maximum absolute atomic E-state index is 12.3. The van der Waals surface area contributed by atoms with Gasteiger partial charge in [-0.2, -0.15) is 13.2 Å². The fraction of sp³-hybridized carbons (Fsp3) is 0.692. The quantitative estimate of drug-likeness (QED) is 0.924. The van der Waals surface area contributed by atoms with Crippen molar-refractivity contribution in [2.75, 3.05) is 31.5 Å². The van der Waals surface area contributed by atoms with Crippen LogP contribution in [-0.2, 0) is 6.18 Å². The maximum atomic E-state index is 12.3. The van der Waals surface area contributed by atoms with E-state index in [1.165, 1.54) is 6.07 Å². The number of anilines is 1. The van der Waals surface area contributed by atoms with Gasteiger partial charge in [0.15, 0.2) is 5.69 Å². The van der Waals surface area contributed by atoms with Crippen LogP contribution in [0.3, 0.4) is 0 Å². The number of hydrogen-bond acceptors (Lipinski definition) is 4. The second kappa shape index (κ2) is 6.39. The summed E-state index contributed by atoms with van der Waals surface area (Å²) < 4.78 is 37.0. The minimum Gasteiger partial charge on any atom is -0.368 e. The second-order valence-corrected chi connectivity index (χ2v) is 5.06. The summed E-state index contributed by atoms with van der Waals surface area (Å²) in [5, 5.41) is 9.83. The van der Waals surface area contributed by atoms with Crippen molar-refractivity contribution in [3.63, 3.8) is 0 Å². The Bertz CT molecular complexity index is 411. The van der Waals surface area contributed by atoms with Crippen LogP contribution in [0.25, 0.3) is 0 Å². The molecule has 1 aromatic rings. The molecule has 0 spiro atoms. The number of rotatable bonds is 4.